The van der Waals surface area contributed by atoms with E-state index in [4.69, 9.17) is 6.65 Å². The SMILES string of the molecule is [Li][I].[O]=[Ti]=[O]. The molecule has 0 radical (unpaired) electrons. The second kappa shape index (κ2) is 17.4. The number of rotatable bonds is 0. The molecular formula is ILiO2Ti. The molecule has 0 bridgehead atoms. The van der Waals surface area contributed by atoms with E-state index in [1.165, 1.54) is 0 Å². The van der Waals surface area contributed by atoms with E-state index >= 15 is 0 Å². The maximum atomic E-state index is 8.50. The molecule has 0 amide bonds. The van der Waals surface area contributed by atoms with Gasteiger partial charge in [-0.15, -0.1) is 0 Å². The Morgan fingerprint density at radius 1 is 1.40 bits per heavy atom. The summed E-state index contributed by atoms with van der Waals surface area (Å²) in [6.07, 6.45) is 0. The summed E-state index contributed by atoms with van der Waals surface area (Å²) in [4.78, 5) is 0. The van der Waals surface area contributed by atoms with Crippen molar-refractivity contribution in [1.29, 1.82) is 0 Å². The molecule has 0 fully saturated rings. The van der Waals surface area contributed by atoms with Gasteiger partial charge in [0.2, 0.25) is 0 Å². The Morgan fingerprint density at radius 2 is 1.40 bits per heavy atom. The molecule has 0 aliphatic rings. The minimum atomic E-state index is -2.00. The first-order chi connectivity index (χ1) is 2.41. The summed E-state index contributed by atoms with van der Waals surface area (Å²) in [5.74, 6) is 0. The Kier molecular flexibility index (Phi) is 34.2. The van der Waals surface area contributed by atoms with Crippen LogP contribution in [-0.4, -0.2) is 14.3 Å². The molecule has 0 saturated heterocycles. The fourth-order valence-corrected chi connectivity index (χ4v) is 0. The topological polar surface area (TPSA) is 34.1 Å². The van der Waals surface area contributed by atoms with E-state index in [1.807, 2.05) is 14.3 Å². The van der Waals surface area contributed by atoms with Gasteiger partial charge in [-0.3, -0.25) is 0 Å². The molecule has 2 nitrogen and oxygen atoms in total. The van der Waals surface area contributed by atoms with Crippen molar-refractivity contribution in [3.63, 3.8) is 0 Å². The second-order valence-corrected chi connectivity index (χ2v) is 0.344. The van der Waals surface area contributed by atoms with Crippen molar-refractivity contribution in [3.05, 3.63) is 0 Å². The monoisotopic (exact) mass is 214 g/mol. The van der Waals surface area contributed by atoms with E-state index in [0.29, 0.717) is 0 Å². The van der Waals surface area contributed by atoms with Crippen molar-refractivity contribution >= 4 is 34.2 Å². The predicted molar refractivity (Wildman–Crippen MR) is 21.1 cm³/mol. The van der Waals surface area contributed by atoms with Crippen LogP contribution in [-0.2, 0) is 25.7 Å². The molecule has 0 aliphatic carbocycles. The van der Waals surface area contributed by atoms with Crippen molar-refractivity contribution in [2.45, 2.75) is 0 Å². The van der Waals surface area contributed by atoms with Gasteiger partial charge in [0.1, 0.15) is 0 Å². The summed E-state index contributed by atoms with van der Waals surface area (Å²) in [6, 6.07) is 0. The van der Waals surface area contributed by atoms with Crippen molar-refractivity contribution < 1.29 is 25.7 Å². The predicted octanol–water partition coefficient (Wildman–Crippen LogP) is 0.265. The van der Waals surface area contributed by atoms with Gasteiger partial charge in [0, 0.05) is 0 Å². The molecule has 0 spiro atoms. The molecule has 0 saturated carbocycles. The molecule has 5 heteroatoms. The fraction of sp³-hybridized carbons (Fsp3) is 0. The van der Waals surface area contributed by atoms with Crippen LogP contribution in [0.4, 0.5) is 0 Å². The van der Waals surface area contributed by atoms with Crippen LogP contribution >= 0.6 is 19.9 Å². The molecule has 0 N–H and O–H groups in total. The van der Waals surface area contributed by atoms with E-state index in [1.54, 1.807) is 0 Å². The van der Waals surface area contributed by atoms with Gasteiger partial charge in [-0.25, -0.2) is 0 Å². The van der Waals surface area contributed by atoms with E-state index < -0.39 is 19.1 Å². The van der Waals surface area contributed by atoms with Gasteiger partial charge < -0.3 is 0 Å². The molecule has 0 unspecified atom stereocenters. The first-order valence-electron chi connectivity index (χ1n) is 0.786. The van der Waals surface area contributed by atoms with Crippen LogP contribution in [0.5, 0.6) is 0 Å². The normalized spacial score (nSPS) is 3.00. The van der Waals surface area contributed by atoms with Crippen LogP contribution < -0.4 is 0 Å². The quantitative estimate of drug-likeness (QED) is 0.428. The van der Waals surface area contributed by atoms with Crippen molar-refractivity contribution in [3.8, 4) is 0 Å². The second-order valence-electron chi connectivity index (χ2n) is 0.0833. The first kappa shape index (κ1) is 9.81. The Labute approximate surface area is 59.2 Å². The summed E-state index contributed by atoms with van der Waals surface area (Å²) >= 11 is 2.12. The third-order valence-electron chi connectivity index (χ3n) is 0. The van der Waals surface area contributed by atoms with Crippen molar-refractivity contribution in [2.75, 3.05) is 0 Å². The van der Waals surface area contributed by atoms with Gasteiger partial charge in [0.05, 0.1) is 0 Å². The van der Waals surface area contributed by atoms with E-state index in [2.05, 4.69) is 19.9 Å². The third-order valence-corrected chi connectivity index (χ3v) is 0. The standard InChI is InChI=1S/HI.Li.2O.Ti/h1H;;;;/q;+1;;;/p-1. The van der Waals surface area contributed by atoms with Crippen molar-refractivity contribution in [2.24, 2.45) is 0 Å². The van der Waals surface area contributed by atoms with Crippen LogP contribution in [0.25, 0.3) is 0 Å². The van der Waals surface area contributed by atoms with Crippen LogP contribution in [0.2, 0.25) is 0 Å². The van der Waals surface area contributed by atoms with E-state index in [9.17, 15) is 0 Å². The van der Waals surface area contributed by atoms with Gasteiger partial charge >= 0.3 is 59.9 Å². The molecule has 0 aliphatic heterocycles. The Hall–Kier alpha value is 1.64. The molecular weight excluding hydrogens is 214 g/mol. The zero-order valence-electron chi connectivity index (χ0n) is 2.69. The minimum absolute atomic E-state index is 1.97. The molecule has 0 atom stereocenters. The van der Waals surface area contributed by atoms with E-state index in [0.717, 1.165) is 0 Å². The summed E-state index contributed by atoms with van der Waals surface area (Å²) in [5.41, 5.74) is 0. The molecule has 5 heavy (non-hydrogen) atoms. The van der Waals surface area contributed by atoms with Gasteiger partial charge in [-0.2, -0.15) is 0 Å². The van der Waals surface area contributed by atoms with Gasteiger partial charge in [-0.1, -0.05) is 0 Å². The van der Waals surface area contributed by atoms with Crippen molar-refractivity contribution in [1.82, 2.24) is 0 Å². The molecule has 0 aromatic carbocycles. The molecule has 0 rings (SSSR count). The van der Waals surface area contributed by atoms with Gasteiger partial charge in [0.15, 0.2) is 0 Å². The zero-order valence-corrected chi connectivity index (χ0v) is 6.41. The molecule has 0 aromatic heterocycles. The maximum absolute atomic E-state index is 8.50. The molecule has 24 valence electrons. The zero-order chi connectivity index (χ0) is 4.71. The van der Waals surface area contributed by atoms with Crippen LogP contribution in [0, 0.1) is 0 Å². The van der Waals surface area contributed by atoms with Gasteiger partial charge in [0.25, 0.3) is 0 Å². The average Bonchev–Trinajstić information content (AvgIpc) is 1.46. The Balaban J connectivity index is 0. The van der Waals surface area contributed by atoms with Crippen LogP contribution in [0.1, 0.15) is 0 Å². The average molecular weight is 214 g/mol. The van der Waals surface area contributed by atoms with Crippen LogP contribution in [0.3, 0.4) is 0 Å². The number of hydrogen-bond donors (Lipinski definition) is 0. The Morgan fingerprint density at radius 3 is 1.40 bits per heavy atom. The van der Waals surface area contributed by atoms with E-state index in [-0.39, 0.29) is 0 Å². The third kappa shape index (κ3) is 27.8. The molecule has 0 aromatic rings. The number of halogens is 1. The van der Waals surface area contributed by atoms with Crippen LogP contribution in [0.15, 0.2) is 0 Å². The summed E-state index contributed by atoms with van der Waals surface area (Å²) in [7, 11) is 0. The first-order valence-corrected chi connectivity index (χ1v) is 4.22. The summed E-state index contributed by atoms with van der Waals surface area (Å²) in [5, 5.41) is 0. The van der Waals surface area contributed by atoms with Gasteiger partial charge in [-0.05, 0) is 0 Å². The number of hydrogen-bond acceptors (Lipinski definition) is 2. The summed E-state index contributed by atoms with van der Waals surface area (Å²) in [6.45, 7) is 0. The fourth-order valence-electron chi connectivity index (χ4n) is 0. The Bertz CT molecular complexity index is 30.6. The summed E-state index contributed by atoms with van der Waals surface area (Å²) < 4.78 is 17.0. The molecule has 0 heterocycles.